The third kappa shape index (κ3) is 3.94. The van der Waals surface area contributed by atoms with Gasteiger partial charge in [0, 0.05) is 30.7 Å². The number of amides is 2. The maximum absolute atomic E-state index is 12.6. The van der Waals surface area contributed by atoms with Gasteiger partial charge in [-0.25, -0.2) is 4.98 Å². The standard InChI is InChI=1S/C21H18N4O2S/c26-20(15-9-12-28-14-15)24-18-6-2-1-5-17(18)21(27)22-10-8-16-13-25-11-4-3-7-19(25)23-16/h1-7,9,11-14H,8,10H2,(H,22,27)(H,24,26). The summed E-state index contributed by atoms with van der Waals surface area (Å²) in [4.78, 5) is 29.4. The first kappa shape index (κ1) is 17.9. The van der Waals surface area contributed by atoms with Crippen LogP contribution in [0, 0.1) is 0 Å². The van der Waals surface area contributed by atoms with Gasteiger partial charge in [-0.15, -0.1) is 0 Å². The Bertz CT molecular complexity index is 1090. The molecule has 2 amide bonds. The molecule has 0 saturated heterocycles. The highest BCUT2D eigenvalue weighted by atomic mass is 32.1. The molecule has 140 valence electrons. The van der Waals surface area contributed by atoms with Crippen molar-refractivity contribution in [3.63, 3.8) is 0 Å². The van der Waals surface area contributed by atoms with Gasteiger partial charge in [0.2, 0.25) is 0 Å². The molecule has 4 rings (SSSR count). The van der Waals surface area contributed by atoms with Crippen LogP contribution in [0.3, 0.4) is 0 Å². The Morgan fingerprint density at radius 3 is 2.71 bits per heavy atom. The number of hydrogen-bond acceptors (Lipinski definition) is 4. The number of para-hydroxylation sites is 1. The Balaban J connectivity index is 1.39. The lowest BCUT2D eigenvalue weighted by Gasteiger charge is -2.11. The van der Waals surface area contributed by atoms with Gasteiger partial charge in [0.15, 0.2) is 0 Å². The van der Waals surface area contributed by atoms with Crippen LogP contribution in [0.4, 0.5) is 5.69 Å². The van der Waals surface area contributed by atoms with Gasteiger partial charge < -0.3 is 15.0 Å². The van der Waals surface area contributed by atoms with Crippen LogP contribution in [0.1, 0.15) is 26.4 Å². The summed E-state index contributed by atoms with van der Waals surface area (Å²) in [5.41, 5.74) is 3.29. The Morgan fingerprint density at radius 2 is 1.89 bits per heavy atom. The van der Waals surface area contributed by atoms with Crippen LogP contribution in [-0.2, 0) is 6.42 Å². The minimum Gasteiger partial charge on any atom is -0.352 e. The molecule has 3 aromatic heterocycles. The maximum atomic E-state index is 12.6. The van der Waals surface area contributed by atoms with Crippen LogP contribution in [0.2, 0.25) is 0 Å². The number of fused-ring (bicyclic) bond motifs is 1. The van der Waals surface area contributed by atoms with Crippen molar-refractivity contribution in [2.45, 2.75) is 6.42 Å². The average Bonchev–Trinajstić information content (AvgIpc) is 3.38. The van der Waals surface area contributed by atoms with Crippen molar-refractivity contribution in [1.82, 2.24) is 14.7 Å². The topological polar surface area (TPSA) is 75.5 Å². The van der Waals surface area contributed by atoms with Crippen molar-refractivity contribution in [2.75, 3.05) is 11.9 Å². The first-order chi connectivity index (χ1) is 13.7. The molecular formula is C21H18N4O2S. The summed E-state index contributed by atoms with van der Waals surface area (Å²) in [7, 11) is 0. The number of aromatic nitrogens is 2. The molecule has 0 aliphatic heterocycles. The summed E-state index contributed by atoms with van der Waals surface area (Å²) >= 11 is 1.45. The molecule has 0 aliphatic rings. The van der Waals surface area contributed by atoms with E-state index in [-0.39, 0.29) is 11.8 Å². The van der Waals surface area contributed by atoms with Gasteiger partial charge in [-0.2, -0.15) is 11.3 Å². The van der Waals surface area contributed by atoms with E-state index >= 15 is 0 Å². The zero-order valence-electron chi connectivity index (χ0n) is 15.0. The SMILES string of the molecule is O=C(Nc1ccccc1C(=O)NCCc1cn2ccccc2n1)c1ccsc1. The van der Waals surface area contributed by atoms with Gasteiger partial charge in [-0.3, -0.25) is 9.59 Å². The first-order valence-electron chi connectivity index (χ1n) is 8.84. The number of pyridine rings is 1. The van der Waals surface area contributed by atoms with Crippen LogP contribution in [-0.4, -0.2) is 27.7 Å². The predicted octanol–water partition coefficient (Wildman–Crippen LogP) is 3.62. The molecule has 0 saturated carbocycles. The van der Waals surface area contributed by atoms with E-state index < -0.39 is 0 Å². The number of hydrogen-bond donors (Lipinski definition) is 2. The quantitative estimate of drug-likeness (QED) is 0.528. The summed E-state index contributed by atoms with van der Waals surface area (Å²) in [6.07, 6.45) is 4.52. The zero-order chi connectivity index (χ0) is 19.3. The van der Waals surface area contributed by atoms with E-state index in [4.69, 9.17) is 0 Å². The number of rotatable bonds is 6. The summed E-state index contributed by atoms with van der Waals surface area (Å²) in [6, 6.07) is 14.6. The van der Waals surface area contributed by atoms with Crippen molar-refractivity contribution in [3.8, 4) is 0 Å². The largest absolute Gasteiger partial charge is 0.352 e. The monoisotopic (exact) mass is 390 g/mol. The molecular weight excluding hydrogens is 372 g/mol. The second-order valence-electron chi connectivity index (χ2n) is 6.22. The molecule has 0 fully saturated rings. The summed E-state index contributed by atoms with van der Waals surface area (Å²) in [5.74, 6) is -0.462. The minimum absolute atomic E-state index is 0.230. The average molecular weight is 390 g/mol. The van der Waals surface area contributed by atoms with E-state index in [2.05, 4.69) is 15.6 Å². The van der Waals surface area contributed by atoms with Crippen molar-refractivity contribution in [3.05, 3.63) is 88.5 Å². The third-order valence-electron chi connectivity index (χ3n) is 4.28. The molecule has 0 radical (unpaired) electrons. The molecule has 0 spiro atoms. The molecule has 4 aromatic rings. The number of nitrogens with one attached hydrogen (secondary N) is 2. The highest BCUT2D eigenvalue weighted by Gasteiger charge is 2.14. The van der Waals surface area contributed by atoms with Gasteiger partial charge >= 0.3 is 0 Å². The highest BCUT2D eigenvalue weighted by Crippen LogP contribution is 2.17. The van der Waals surface area contributed by atoms with Crippen LogP contribution < -0.4 is 10.6 Å². The lowest BCUT2D eigenvalue weighted by Crippen LogP contribution is -2.27. The van der Waals surface area contributed by atoms with Crippen LogP contribution >= 0.6 is 11.3 Å². The Kier molecular flexibility index (Phi) is 5.16. The fourth-order valence-electron chi connectivity index (χ4n) is 2.89. The molecule has 2 N–H and O–H groups in total. The number of imidazole rings is 1. The summed E-state index contributed by atoms with van der Waals surface area (Å²) in [6.45, 7) is 0.454. The Hall–Kier alpha value is -3.45. The zero-order valence-corrected chi connectivity index (χ0v) is 15.8. The van der Waals surface area contributed by atoms with Crippen molar-refractivity contribution in [1.29, 1.82) is 0 Å². The molecule has 7 heteroatoms. The van der Waals surface area contributed by atoms with Gasteiger partial charge in [0.1, 0.15) is 5.65 Å². The van der Waals surface area contributed by atoms with E-state index in [1.807, 2.05) is 40.4 Å². The lowest BCUT2D eigenvalue weighted by molar-refractivity contribution is 0.0955. The maximum Gasteiger partial charge on any atom is 0.256 e. The predicted molar refractivity (Wildman–Crippen MR) is 110 cm³/mol. The van der Waals surface area contributed by atoms with Crippen molar-refractivity contribution >= 4 is 34.5 Å². The van der Waals surface area contributed by atoms with Gasteiger partial charge in [0.25, 0.3) is 11.8 Å². The van der Waals surface area contributed by atoms with Gasteiger partial charge in [0.05, 0.1) is 22.5 Å². The summed E-state index contributed by atoms with van der Waals surface area (Å²) in [5, 5.41) is 9.32. The minimum atomic E-state index is -0.231. The molecule has 28 heavy (non-hydrogen) atoms. The molecule has 0 bridgehead atoms. The van der Waals surface area contributed by atoms with E-state index in [0.29, 0.717) is 29.8 Å². The molecule has 6 nitrogen and oxygen atoms in total. The molecule has 3 heterocycles. The van der Waals surface area contributed by atoms with E-state index in [1.54, 1.807) is 35.7 Å². The van der Waals surface area contributed by atoms with E-state index in [1.165, 1.54) is 11.3 Å². The highest BCUT2D eigenvalue weighted by molar-refractivity contribution is 7.08. The third-order valence-corrected chi connectivity index (χ3v) is 4.97. The normalized spacial score (nSPS) is 10.7. The smallest absolute Gasteiger partial charge is 0.256 e. The second-order valence-corrected chi connectivity index (χ2v) is 7.00. The number of nitrogens with zero attached hydrogens (tertiary/aromatic N) is 2. The lowest BCUT2D eigenvalue weighted by atomic mass is 10.1. The van der Waals surface area contributed by atoms with E-state index in [0.717, 1.165) is 11.3 Å². The number of benzene rings is 1. The fraction of sp³-hybridized carbons (Fsp3) is 0.0952. The number of carbonyl (C=O) groups is 2. The molecule has 0 unspecified atom stereocenters. The Morgan fingerprint density at radius 1 is 1.04 bits per heavy atom. The number of thiophene rings is 1. The first-order valence-corrected chi connectivity index (χ1v) is 9.78. The van der Waals surface area contributed by atoms with Crippen molar-refractivity contribution < 1.29 is 9.59 Å². The van der Waals surface area contributed by atoms with Crippen LogP contribution in [0.15, 0.2) is 71.7 Å². The molecule has 1 aromatic carbocycles. The Labute approximate surface area is 165 Å². The summed E-state index contributed by atoms with van der Waals surface area (Å²) < 4.78 is 1.95. The molecule has 0 aliphatic carbocycles. The van der Waals surface area contributed by atoms with Crippen LogP contribution in [0.5, 0.6) is 0 Å². The van der Waals surface area contributed by atoms with Crippen LogP contribution in [0.25, 0.3) is 5.65 Å². The van der Waals surface area contributed by atoms with Crippen molar-refractivity contribution in [2.24, 2.45) is 0 Å². The van der Waals surface area contributed by atoms with Gasteiger partial charge in [-0.1, -0.05) is 18.2 Å². The van der Waals surface area contributed by atoms with E-state index in [9.17, 15) is 9.59 Å². The number of anilines is 1. The second kappa shape index (κ2) is 8.06. The number of carbonyl (C=O) groups excluding carboxylic acids is 2. The van der Waals surface area contributed by atoms with Gasteiger partial charge in [-0.05, 0) is 35.7 Å². The molecule has 0 atom stereocenters. The fourth-order valence-corrected chi connectivity index (χ4v) is 3.52.